The summed E-state index contributed by atoms with van der Waals surface area (Å²) in [5.41, 5.74) is 0.853. The van der Waals surface area contributed by atoms with Gasteiger partial charge in [-0.1, -0.05) is 23.7 Å². The molecule has 18 heavy (non-hydrogen) atoms. The summed E-state index contributed by atoms with van der Waals surface area (Å²) in [6, 6.07) is 11.4. The van der Waals surface area contributed by atoms with Gasteiger partial charge >= 0.3 is 0 Å². The summed E-state index contributed by atoms with van der Waals surface area (Å²) in [5, 5.41) is 3.65. The molecule has 0 saturated heterocycles. The van der Waals surface area contributed by atoms with E-state index < -0.39 is 0 Å². The van der Waals surface area contributed by atoms with Crippen LogP contribution in [0.5, 0.6) is 11.5 Å². The average Bonchev–Trinajstić information content (AvgIpc) is 2.34. The largest absolute Gasteiger partial charge is 0.457 e. The minimum absolute atomic E-state index is 0.329. The van der Waals surface area contributed by atoms with Crippen LogP contribution in [0.25, 0.3) is 0 Å². The van der Waals surface area contributed by atoms with Crippen molar-refractivity contribution < 1.29 is 9.13 Å². The van der Waals surface area contributed by atoms with E-state index in [1.54, 1.807) is 24.3 Å². The first-order valence-corrected chi connectivity index (χ1v) is 5.94. The predicted octanol–water partition coefficient (Wildman–Crippen LogP) is 3.99. The molecule has 4 heteroatoms. The van der Waals surface area contributed by atoms with Gasteiger partial charge in [-0.25, -0.2) is 4.39 Å². The summed E-state index contributed by atoms with van der Waals surface area (Å²) in [5.74, 6) is 0.752. The molecule has 0 saturated carbocycles. The number of benzene rings is 2. The van der Waals surface area contributed by atoms with Gasteiger partial charge in [0.05, 0.1) is 0 Å². The van der Waals surface area contributed by atoms with Gasteiger partial charge in [-0.2, -0.15) is 0 Å². The van der Waals surface area contributed by atoms with Crippen LogP contribution in [0.3, 0.4) is 0 Å². The Morgan fingerprint density at radius 3 is 2.72 bits per heavy atom. The number of hydrogen-bond acceptors (Lipinski definition) is 2. The first-order chi connectivity index (χ1) is 8.70. The lowest BCUT2D eigenvalue weighted by molar-refractivity contribution is 0.469. The van der Waals surface area contributed by atoms with Crippen LogP contribution in [0.4, 0.5) is 4.39 Å². The fraction of sp³-hybridized carbons (Fsp3) is 0.143. The molecule has 0 aromatic heterocycles. The van der Waals surface area contributed by atoms with Crippen molar-refractivity contribution in [3.05, 3.63) is 58.9 Å². The molecule has 0 unspecified atom stereocenters. The molecule has 0 aliphatic heterocycles. The molecule has 0 aliphatic carbocycles. The molecule has 1 N–H and O–H groups in total. The van der Waals surface area contributed by atoms with Gasteiger partial charge in [0.25, 0.3) is 0 Å². The van der Waals surface area contributed by atoms with Crippen LogP contribution in [0.15, 0.2) is 42.5 Å². The van der Waals surface area contributed by atoms with E-state index >= 15 is 0 Å². The lowest BCUT2D eigenvalue weighted by Crippen LogP contribution is -2.07. The van der Waals surface area contributed by atoms with Crippen LogP contribution in [0, 0.1) is 5.82 Å². The van der Waals surface area contributed by atoms with Crippen molar-refractivity contribution in [1.82, 2.24) is 5.32 Å². The Hall–Kier alpha value is -1.58. The summed E-state index contributed by atoms with van der Waals surface area (Å²) < 4.78 is 18.7. The molecule has 94 valence electrons. The molecule has 0 fully saturated rings. The summed E-state index contributed by atoms with van der Waals surface area (Å²) in [6.07, 6.45) is 0. The third-order valence-corrected chi connectivity index (χ3v) is 2.81. The van der Waals surface area contributed by atoms with Gasteiger partial charge in [0, 0.05) is 23.2 Å². The molecule has 0 aliphatic rings. The molecule has 2 rings (SSSR count). The Morgan fingerprint density at radius 1 is 1.22 bits per heavy atom. The zero-order valence-corrected chi connectivity index (χ0v) is 10.7. The van der Waals surface area contributed by atoms with Crippen molar-refractivity contribution in [2.24, 2.45) is 0 Å². The van der Waals surface area contributed by atoms with Crippen LogP contribution >= 0.6 is 11.6 Å². The smallest absolute Gasteiger partial charge is 0.133 e. The van der Waals surface area contributed by atoms with E-state index in [1.165, 1.54) is 12.1 Å². The molecule has 2 nitrogen and oxygen atoms in total. The van der Waals surface area contributed by atoms with Crippen LogP contribution in [-0.2, 0) is 6.54 Å². The van der Waals surface area contributed by atoms with Crippen molar-refractivity contribution in [3.63, 3.8) is 0 Å². The van der Waals surface area contributed by atoms with E-state index in [0.717, 1.165) is 5.56 Å². The van der Waals surface area contributed by atoms with E-state index in [0.29, 0.717) is 23.1 Å². The molecular weight excluding hydrogens is 253 g/mol. The zero-order valence-electron chi connectivity index (χ0n) is 9.91. The van der Waals surface area contributed by atoms with Gasteiger partial charge in [0.2, 0.25) is 0 Å². The Labute approximate surface area is 110 Å². The van der Waals surface area contributed by atoms with Crippen LogP contribution < -0.4 is 10.1 Å². The van der Waals surface area contributed by atoms with Crippen molar-refractivity contribution in [3.8, 4) is 11.5 Å². The SMILES string of the molecule is CNCc1c(Cl)cccc1Oc1cccc(F)c1. The lowest BCUT2D eigenvalue weighted by atomic mass is 10.2. The number of rotatable bonds is 4. The molecule has 0 spiro atoms. The van der Waals surface area contributed by atoms with Gasteiger partial charge in [-0.05, 0) is 31.3 Å². The van der Waals surface area contributed by atoms with Crippen molar-refractivity contribution >= 4 is 11.6 Å². The van der Waals surface area contributed by atoms with Crippen LogP contribution in [0.1, 0.15) is 5.56 Å². The Morgan fingerprint density at radius 2 is 2.00 bits per heavy atom. The number of nitrogens with one attached hydrogen (secondary N) is 1. The normalized spacial score (nSPS) is 10.4. The highest BCUT2D eigenvalue weighted by molar-refractivity contribution is 6.31. The molecule has 2 aromatic rings. The third-order valence-electron chi connectivity index (χ3n) is 2.45. The Bertz CT molecular complexity index is 545. The van der Waals surface area contributed by atoms with Crippen molar-refractivity contribution in [2.45, 2.75) is 6.54 Å². The summed E-state index contributed by atoms with van der Waals surface area (Å²) >= 11 is 6.11. The number of halogens is 2. The second-order valence-electron chi connectivity index (χ2n) is 3.81. The zero-order chi connectivity index (χ0) is 13.0. The van der Waals surface area contributed by atoms with Gasteiger partial charge in [-0.3, -0.25) is 0 Å². The van der Waals surface area contributed by atoms with Crippen molar-refractivity contribution in [1.29, 1.82) is 0 Å². The fourth-order valence-electron chi connectivity index (χ4n) is 1.64. The molecule has 2 aromatic carbocycles. The standard InChI is InChI=1S/C14H13ClFNO/c1-17-9-12-13(15)6-3-7-14(12)18-11-5-2-4-10(16)8-11/h2-8,17H,9H2,1H3. The van der Waals surface area contributed by atoms with Gasteiger partial charge < -0.3 is 10.1 Å². The number of ether oxygens (including phenoxy) is 1. The van der Waals surface area contributed by atoms with E-state index in [4.69, 9.17) is 16.3 Å². The maximum atomic E-state index is 13.1. The lowest BCUT2D eigenvalue weighted by Gasteiger charge is -2.12. The van der Waals surface area contributed by atoms with E-state index in [1.807, 2.05) is 13.1 Å². The van der Waals surface area contributed by atoms with E-state index in [2.05, 4.69) is 5.32 Å². The maximum Gasteiger partial charge on any atom is 0.133 e. The highest BCUT2D eigenvalue weighted by Gasteiger charge is 2.08. The minimum atomic E-state index is -0.329. The summed E-state index contributed by atoms with van der Waals surface area (Å²) in [7, 11) is 1.83. The highest BCUT2D eigenvalue weighted by Crippen LogP contribution is 2.30. The molecule has 0 atom stereocenters. The Kier molecular flexibility index (Phi) is 4.18. The predicted molar refractivity (Wildman–Crippen MR) is 70.7 cm³/mol. The van der Waals surface area contributed by atoms with Gasteiger partial charge in [0.1, 0.15) is 17.3 Å². The number of hydrogen-bond donors (Lipinski definition) is 1. The van der Waals surface area contributed by atoms with Crippen LogP contribution in [0.2, 0.25) is 5.02 Å². The van der Waals surface area contributed by atoms with Crippen molar-refractivity contribution in [2.75, 3.05) is 7.05 Å². The quantitative estimate of drug-likeness (QED) is 0.902. The fourth-order valence-corrected chi connectivity index (χ4v) is 1.87. The highest BCUT2D eigenvalue weighted by atomic mass is 35.5. The van der Waals surface area contributed by atoms with E-state index in [9.17, 15) is 4.39 Å². The first kappa shape index (κ1) is 12.9. The summed E-state index contributed by atoms with van der Waals surface area (Å²) in [4.78, 5) is 0. The average molecular weight is 266 g/mol. The first-order valence-electron chi connectivity index (χ1n) is 5.56. The third kappa shape index (κ3) is 3.00. The molecule has 0 amide bonds. The summed E-state index contributed by atoms with van der Waals surface area (Å²) in [6.45, 7) is 0.588. The minimum Gasteiger partial charge on any atom is -0.457 e. The topological polar surface area (TPSA) is 21.3 Å². The van der Waals surface area contributed by atoms with Crippen LogP contribution in [-0.4, -0.2) is 7.05 Å². The van der Waals surface area contributed by atoms with Gasteiger partial charge in [0.15, 0.2) is 0 Å². The molecule has 0 bridgehead atoms. The maximum absolute atomic E-state index is 13.1. The molecular formula is C14H13ClFNO. The van der Waals surface area contributed by atoms with E-state index in [-0.39, 0.29) is 5.82 Å². The second-order valence-corrected chi connectivity index (χ2v) is 4.21. The van der Waals surface area contributed by atoms with Gasteiger partial charge in [-0.15, -0.1) is 0 Å². The molecule has 0 heterocycles. The molecule has 0 radical (unpaired) electrons. The Balaban J connectivity index is 2.31. The monoisotopic (exact) mass is 265 g/mol. The second kappa shape index (κ2) is 5.85.